The highest BCUT2D eigenvalue weighted by Crippen LogP contribution is 2.35. The molecule has 0 radical (unpaired) electrons. The van der Waals surface area contributed by atoms with E-state index >= 15 is 0 Å². The van der Waals surface area contributed by atoms with Crippen LogP contribution in [-0.4, -0.2) is 21.8 Å². The van der Waals surface area contributed by atoms with Gasteiger partial charge in [-0.1, -0.05) is 43.0 Å². The molecule has 0 atom stereocenters. The van der Waals surface area contributed by atoms with Crippen LogP contribution in [0.3, 0.4) is 0 Å². The predicted octanol–water partition coefficient (Wildman–Crippen LogP) is 3.32. The van der Waals surface area contributed by atoms with Crippen LogP contribution in [0.2, 0.25) is 0 Å². The molecule has 1 heterocycles. The number of carbonyl (C=O) groups is 1. The molecule has 4 heteroatoms. The number of amides is 1. The molecule has 0 aromatic carbocycles. The second-order valence-corrected chi connectivity index (χ2v) is 5.22. The summed E-state index contributed by atoms with van der Waals surface area (Å²) in [6, 6.07) is 0. The Kier molecular flexibility index (Phi) is 4.52. The van der Waals surface area contributed by atoms with Crippen molar-refractivity contribution in [3.63, 3.8) is 0 Å². The number of rotatable bonds is 5. The van der Waals surface area contributed by atoms with Gasteiger partial charge in [-0.15, -0.1) is 0 Å². The van der Waals surface area contributed by atoms with Crippen molar-refractivity contribution < 1.29 is 4.79 Å². The summed E-state index contributed by atoms with van der Waals surface area (Å²) < 4.78 is -0.969. The van der Waals surface area contributed by atoms with E-state index in [2.05, 4.69) is 6.92 Å². The van der Waals surface area contributed by atoms with E-state index in [-0.39, 0.29) is 5.91 Å². The lowest BCUT2D eigenvalue weighted by Crippen LogP contribution is -2.40. The van der Waals surface area contributed by atoms with Crippen LogP contribution in [0.1, 0.15) is 45.4 Å². The molecule has 0 bridgehead atoms. The summed E-state index contributed by atoms with van der Waals surface area (Å²) in [5.41, 5.74) is 0. The Morgan fingerprint density at radius 1 is 1.43 bits per heavy atom. The number of unbranched alkanes of at least 4 members (excludes halogenated alkanes) is 2. The second-order valence-electron chi connectivity index (χ2n) is 3.77. The lowest BCUT2D eigenvalue weighted by molar-refractivity contribution is -0.129. The molecule has 1 saturated heterocycles. The minimum absolute atomic E-state index is 0.0894. The van der Waals surface area contributed by atoms with Gasteiger partial charge < -0.3 is 4.90 Å². The van der Waals surface area contributed by atoms with Crippen molar-refractivity contribution in [3.8, 4) is 0 Å². The molecule has 1 amide bonds. The maximum atomic E-state index is 11.4. The zero-order valence-electron chi connectivity index (χ0n) is 8.56. The van der Waals surface area contributed by atoms with Crippen LogP contribution in [-0.2, 0) is 4.79 Å². The minimum atomic E-state index is -0.969. The quantitative estimate of drug-likeness (QED) is 0.408. The zero-order valence-corrected chi connectivity index (χ0v) is 10.1. The van der Waals surface area contributed by atoms with Crippen molar-refractivity contribution in [1.82, 2.24) is 4.90 Å². The molecule has 1 aliphatic heterocycles. The Bertz CT molecular complexity index is 206. The number of halogens is 2. The number of carbonyl (C=O) groups excluding carboxylic acids is 1. The molecule has 0 aromatic heterocycles. The van der Waals surface area contributed by atoms with Gasteiger partial charge in [-0.05, 0) is 19.3 Å². The first-order valence-electron chi connectivity index (χ1n) is 5.26. The fraction of sp³-hybridized carbons (Fsp3) is 0.900. The molecular formula is C10H17Cl2NO. The molecule has 0 spiro atoms. The van der Waals surface area contributed by atoms with Crippen LogP contribution in [0.4, 0.5) is 0 Å². The van der Waals surface area contributed by atoms with Gasteiger partial charge in [0.1, 0.15) is 0 Å². The summed E-state index contributed by atoms with van der Waals surface area (Å²) in [4.78, 5) is 13.0. The molecular weight excluding hydrogens is 221 g/mol. The van der Waals surface area contributed by atoms with Crippen molar-refractivity contribution in [2.45, 2.75) is 49.9 Å². The summed E-state index contributed by atoms with van der Waals surface area (Å²) >= 11 is 12.3. The highest BCUT2D eigenvalue weighted by atomic mass is 35.5. The standard InChI is InChI=1S/C10H17Cl2NO/c1-2-3-4-7-10(11,12)13-8-5-6-9(13)14/h2-8H2,1H3. The van der Waals surface area contributed by atoms with E-state index in [1.165, 1.54) is 0 Å². The average molecular weight is 238 g/mol. The van der Waals surface area contributed by atoms with E-state index < -0.39 is 4.46 Å². The van der Waals surface area contributed by atoms with Crippen LogP contribution in [0.5, 0.6) is 0 Å². The fourth-order valence-electron chi connectivity index (χ4n) is 1.72. The summed E-state index contributed by atoms with van der Waals surface area (Å²) in [6.07, 6.45) is 5.38. The topological polar surface area (TPSA) is 20.3 Å². The van der Waals surface area contributed by atoms with E-state index in [1.807, 2.05) is 0 Å². The molecule has 1 rings (SSSR count). The van der Waals surface area contributed by atoms with Crippen LogP contribution < -0.4 is 0 Å². The molecule has 1 fully saturated rings. The van der Waals surface area contributed by atoms with Gasteiger partial charge in [-0.25, -0.2) is 0 Å². The molecule has 0 saturated carbocycles. The summed E-state index contributed by atoms with van der Waals surface area (Å²) in [7, 11) is 0. The van der Waals surface area contributed by atoms with Crippen LogP contribution in [0.25, 0.3) is 0 Å². The van der Waals surface area contributed by atoms with Crippen molar-refractivity contribution >= 4 is 29.1 Å². The molecule has 14 heavy (non-hydrogen) atoms. The maximum Gasteiger partial charge on any atom is 0.224 e. The minimum Gasteiger partial charge on any atom is -0.311 e. The van der Waals surface area contributed by atoms with E-state index in [0.717, 1.165) is 25.7 Å². The van der Waals surface area contributed by atoms with Crippen LogP contribution in [0.15, 0.2) is 0 Å². The third kappa shape index (κ3) is 3.03. The molecule has 0 N–H and O–H groups in total. The van der Waals surface area contributed by atoms with E-state index in [4.69, 9.17) is 23.2 Å². The molecule has 0 aromatic rings. The Labute approximate surface area is 95.5 Å². The van der Waals surface area contributed by atoms with Gasteiger partial charge in [0.05, 0.1) is 0 Å². The summed E-state index contributed by atoms with van der Waals surface area (Å²) in [5.74, 6) is 0.0894. The first-order chi connectivity index (χ1) is 6.58. The Morgan fingerprint density at radius 3 is 2.64 bits per heavy atom. The first-order valence-corrected chi connectivity index (χ1v) is 6.02. The highest BCUT2D eigenvalue weighted by Gasteiger charge is 2.37. The van der Waals surface area contributed by atoms with Gasteiger partial charge in [0.25, 0.3) is 0 Å². The van der Waals surface area contributed by atoms with Gasteiger partial charge in [0.2, 0.25) is 5.91 Å². The lowest BCUT2D eigenvalue weighted by Gasteiger charge is -2.30. The van der Waals surface area contributed by atoms with Gasteiger partial charge >= 0.3 is 0 Å². The Morgan fingerprint density at radius 2 is 2.14 bits per heavy atom. The van der Waals surface area contributed by atoms with Crippen molar-refractivity contribution in [2.75, 3.05) is 6.54 Å². The average Bonchev–Trinajstić information content (AvgIpc) is 2.52. The van der Waals surface area contributed by atoms with Crippen molar-refractivity contribution in [3.05, 3.63) is 0 Å². The molecule has 2 nitrogen and oxygen atoms in total. The third-order valence-corrected chi connectivity index (χ3v) is 3.34. The number of hydrogen-bond acceptors (Lipinski definition) is 1. The lowest BCUT2D eigenvalue weighted by atomic mass is 10.2. The zero-order chi connectivity index (χ0) is 10.6. The highest BCUT2D eigenvalue weighted by molar-refractivity contribution is 6.48. The van der Waals surface area contributed by atoms with Crippen LogP contribution >= 0.6 is 23.2 Å². The van der Waals surface area contributed by atoms with E-state index in [1.54, 1.807) is 4.90 Å². The Hall–Kier alpha value is 0.0500. The van der Waals surface area contributed by atoms with Gasteiger partial charge in [0.15, 0.2) is 4.46 Å². The number of likely N-dealkylation sites (tertiary alicyclic amines) is 1. The summed E-state index contributed by atoms with van der Waals surface area (Å²) in [6.45, 7) is 2.84. The smallest absolute Gasteiger partial charge is 0.224 e. The van der Waals surface area contributed by atoms with Crippen LogP contribution in [0, 0.1) is 0 Å². The van der Waals surface area contributed by atoms with E-state index in [0.29, 0.717) is 19.4 Å². The predicted molar refractivity (Wildman–Crippen MR) is 59.5 cm³/mol. The molecule has 1 aliphatic rings. The fourth-order valence-corrected chi connectivity index (χ4v) is 2.34. The number of alkyl halides is 2. The molecule has 0 aliphatic carbocycles. The summed E-state index contributed by atoms with van der Waals surface area (Å²) in [5, 5.41) is 0. The number of hydrogen-bond donors (Lipinski definition) is 0. The van der Waals surface area contributed by atoms with Crippen molar-refractivity contribution in [2.24, 2.45) is 0 Å². The first kappa shape index (κ1) is 12.1. The van der Waals surface area contributed by atoms with Gasteiger partial charge in [-0.2, -0.15) is 0 Å². The van der Waals surface area contributed by atoms with Gasteiger partial charge in [0, 0.05) is 13.0 Å². The molecule has 0 unspecified atom stereocenters. The third-order valence-electron chi connectivity index (χ3n) is 2.55. The monoisotopic (exact) mass is 237 g/mol. The van der Waals surface area contributed by atoms with Gasteiger partial charge in [-0.3, -0.25) is 4.79 Å². The van der Waals surface area contributed by atoms with Crippen molar-refractivity contribution in [1.29, 1.82) is 0 Å². The largest absolute Gasteiger partial charge is 0.311 e. The normalized spacial score (nSPS) is 17.9. The second kappa shape index (κ2) is 5.22. The Balaban J connectivity index is 2.42. The van der Waals surface area contributed by atoms with E-state index in [9.17, 15) is 4.79 Å². The molecule has 82 valence electrons. The SMILES string of the molecule is CCCCCC(Cl)(Cl)N1CCCC1=O. The maximum absolute atomic E-state index is 11.4. The number of nitrogens with zero attached hydrogens (tertiary/aromatic N) is 1.